The molecular formula is C23H31FN2O2. The summed E-state index contributed by atoms with van der Waals surface area (Å²) in [6.07, 6.45) is 2.41. The first-order valence-corrected chi connectivity index (χ1v) is 10.2. The fourth-order valence-electron chi connectivity index (χ4n) is 3.59. The summed E-state index contributed by atoms with van der Waals surface area (Å²) in [5.41, 5.74) is 3.40. The highest BCUT2D eigenvalue weighted by atomic mass is 19.1. The van der Waals surface area contributed by atoms with Gasteiger partial charge in [0.2, 0.25) is 0 Å². The number of fused-ring (bicyclic) bond motifs is 1. The number of rotatable bonds is 9. The van der Waals surface area contributed by atoms with Crippen LogP contribution < -0.4 is 15.0 Å². The molecule has 1 aliphatic rings. The maximum Gasteiger partial charge on any atom is 0.145 e. The van der Waals surface area contributed by atoms with Crippen LogP contribution in [0.4, 0.5) is 15.8 Å². The highest BCUT2D eigenvalue weighted by Gasteiger charge is 2.18. The van der Waals surface area contributed by atoms with E-state index >= 15 is 0 Å². The van der Waals surface area contributed by atoms with Crippen molar-refractivity contribution in [3.8, 4) is 5.75 Å². The molecule has 152 valence electrons. The van der Waals surface area contributed by atoms with E-state index in [9.17, 15) is 4.39 Å². The van der Waals surface area contributed by atoms with E-state index in [1.807, 2.05) is 0 Å². The summed E-state index contributed by atoms with van der Waals surface area (Å²) in [6.45, 7) is 9.49. The molecule has 1 heterocycles. The number of nitrogens with zero attached hydrogens (tertiary/aromatic N) is 1. The molecule has 0 radical (unpaired) electrons. The minimum atomic E-state index is -0.254. The Balaban J connectivity index is 1.42. The van der Waals surface area contributed by atoms with Crippen molar-refractivity contribution in [3.63, 3.8) is 0 Å². The van der Waals surface area contributed by atoms with Gasteiger partial charge >= 0.3 is 0 Å². The van der Waals surface area contributed by atoms with Crippen LogP contribution in [0.3, 0.4) is 0 Å². The van der Waals surface area contributed by atoms with E-state index in [4.69, 9.17) is 9.47 Å². The standard InChI is InChI=1S/C23H31FN2O2/c1-17(2)28-18(3)15-19-5-8-21(9-6-19)25-11-4-12-26-13-14-27-23-16-20(24)7-10-22(23)26/h5-10,16-18,25H,4,11-15H2,1-3H3. The molecule has 5 heteroatoms. The van der Waals surface area contributed by atoms with Crippen LogP contribution in [0.5, 0.6) is 5.75 Å². The van der Waals surface area contributed by atoms with Crippen LogP contribution in [0.1, 0.15) is 32.8 Å². The summed E-state index contributed by atoms with van der Waals surface area (Å²) in [4.78, 5) is 2.26. The Morgan fingerprint density at radius 2 is 1.93 bits per heavy atom. The quantitative estimate of drug-likeness (QED) is 0.623. The fourth-order valence-corrected chi connectivity index (χ4v) is 3.59. The minimum absolute atomic E-state index is 0.226. The zero-order chi connectivity index (χ0) is 19.9. The molecule has 0 bridgehead atoms. The van der Waals surface area contributed by atoms with Crippen molar-refractivity contribution in [2.24, 2.45) is 0 Å². The summed E-state index contributed by atoms with van der Waals surface area (Å²) in [7, 11) is 0. The van der Waals surface area contributed by atoms with Gasteiger partial charge in [-0.2, -0.15) is 0 Å². The maximum absolute atomic E-state index is 13.4. The Labute approximate surface area is 167 Å². The molecule has 0 amide bonds. The summed E-state index contributed by atoms with van der Waals surface area (Å²) < 4.78 is 24.7. The lowest BCUT2D eigenvalue weighted by molar-refractivity contribution is 0.0195. The normalized spacial score (nSPS) is 14.5. The molecule has 3 rings (SSSR count). The average Bonchev–Trinajstić information content (AvgIpc) is 2.65. The number of hydrogen-bond donors (Lipinski definition) is 1. The van der Waals surface area contributed by atoms with Crippen LogP contribution in [0.15, 0.2) is 42.5 Å². The summed E-state index contributed by atoms with van der Waals surface area (Å²) in [6, 6.07) is 13.3. The van der Waals surface area contributed by atoms with Crippen LogP contribution in [0.2, 0.25) is 0 Å². The predicted octanol–water partition coefficient (Wildman–Crippen LogP) is 4.88. The van der Waals surface area contributed by atoms with Crippen LogP contribution >= 0.6 is 0 Å². The van der Waals surface area contributed by atoms with Gasteiger partial charge in [0.15, 0.2) is 0 Å². The number of benzene rings is 2. The van der Waals surface area contributed by atoms with Crippen LogP contribution in [-0.4, -0.2) is 38.4 Å². The van der Waals surface area contributed by atoms with Crippen LogP contribution in [-0.2, 0) is 11.2 Å². The second kappa shape index (κ2) is 9.78. The second-order valence-electron chi connectivity index (χ2n) is 7.62. The van der Waals surface area contributed by atoms with Gasteiger partial charge in [-0.05, 0) is 63.4 Å². The smallest absolute Gasteiger partial charge is 0.145 e. The molecule has 1 atom stereocenters. The lowest BCUT2D eigenvalue weighted by atomic mass is 10.1. The average molecular weight is 387 g/mol. The number of ether oxygens (including phenoxy) is 2. The van der Waals surface area contributed by atoms with E-state index in [2.05, 4.69) is 55.3 Å². The number of halogens is 1. The molecule has 2 aromatic carbocycles. The molecule has 1 aliphatic heterocycles. The Morgan fingerprint density at radius 1 is 1.14 bits per heavy atom. The first-order chi connectivity index (χ1) is 13.5. The highest BCUT2D eigenvalue weighted by molar-refractivity contribution is 5.60. The van der Waals surface area contributed by atoms with Gasteiger partial charge in [-0.1, -0.05) is 12.1 Å². The van der Waals surface area contributed by atoms with E-state index in [0.29, 0.717) is 12.4 Å². The zero-order valence-corrected chi connectivity index (χ0v) is 17.1. The van der Waals surface area contributed by atoms with E-state index in [-0.39, 0.29) is 18.0 Å². The Kier molecular flexibility index (Phi) is 7.15. The van der Waals surface area contributed by atoms with E-state index < -0.39 is 0 Å². The van der Waals surface area contributed by atoms with Crippen molar-refractivity contribution < 1.29 is 13.9 Å². The maximum atomic E-state index is 13.4. The molecule has 0 spiro atoms. The molecule has 0 fully saturated rings. The van der Waals surface area contributed by atoms with Crippen molar-refractivity contribution in [1.29, 1.82) is 0 Å². The van der Waals surface area contributed by atoms with Gasteiger partial charge < -0.3 is 19.7 Å². The van der Waals surface area contributed by atoms with Gasteiger partial charge in [0.25, 0.3) is 0 Å². The first-order valence-electron chi connectivity index (χ1n) is 10.2. The molecule has 0 saturated carbocycles. The second-order valence-corrected chi connectivity index (χ2v) is 7.62. The number of anilines is 2. The summed E-state index contributed by atoms with van der Waals surface area (Å²) in [5, 5.41) is 3.48. The van der Waals surface area contributed by atoms with Gasteiger partial charge in [-0.15, -0.1) is 0 Å². The lowest BCUT2D eigenvalue weighted by Gasteiger charge is -2.31. The van der Waals surface area contributed by atoms with Gasteiger partial charge in [-0.3, -0.25) is 0 Å². The van der Waals surface area contributed by atoms with Gasteiger partial charge in [0.1, 0.15) is 18.2 Å². The minimum Gasteiger partial charge on any atom is -0.489 e. The van der Waals surface area contributed by atoms with Crippen molar-refractivity contribution >= 4 is 11.4 Å². The monoisotopic (exact) mass is 386 g/mol. The molecule has 0 aliphatic carbocycles. The van der Waals surface area contributed by atoms with Crippen LogP contribution in [0, 0.1) is 5.82 Å². The highest BCUT2D eigenvalue weighted by Crippen LogP contribution is 2.32. The van der Waals surface area contributed by atoms with Crippen molar-refractivity contribution in [2.45, 2.75) is 45.8 Å². The topological polar surface area (TPSA) is 33.7 Å². The third-order valence-corrected chi connectivity index (χ3v) is 4.80. The van der Waals surface area contributed by atoms with E-state index in [1.54, 1.807) is 6.07 Å². The Morgan fingerprint density at radius 3 is 2.68 bits per heavy atom. The largest absolute Gasteiger partial charge is 0.489 e. The molecule has 0 aromatic heterocycles. The lowest BCUT2D eigenvalue weighted by Crippen LogP contribution is -2.34. The molecule has 4 nitrogen and oxygen atoms in total. The fraction of sp³-hybridized carbons (Fsp3) is 0.478. The number of nitrogens with one attached hydrogen (secondary N) is 1. The molecule has 2 aromatic rings. The van der Waals surface area contributed by atoms with Crippen molar-refractivity contribution in [2.75, 3.05) is 36.5 Å². The Bertz CT molecular complexity index is 749. The third kappa shape index (κ3) is 5.86. The SMILES string of the molecule is CC(C)OC(C)Cc1ccc(NCCCN2CCOc3cc(F)ccc32)cc1. The van der Waals surface area contributed by atoms with E-state index in [1.165, 1.54) is 17.7 Å². The summed E-state index contributed by atoms with van der Waals surface area (Å²) >= 11 is 0. The number of hydrogen-bond acceptors (Lipinski definition) is 4. The van der Waals surface area contributed by atoms with Gasteiger partial charge in [0.05, 0.1) is 24.4 Å². The first kappa shape index (κ1) is 20.5. The van der Waals surface area contributed by atoms with E-state index in [0.717, 1.165) is 43.9 Å². The van der Waals surface area contributed by atoms with Crippen molar-refractivity contribution in [1.82, 2.24) is 0 Å². The predicted molar refractivity (Wildman–Crippen MR) is 113 cm³/mol. The zero-order valence-electron chi connectivity index (χ0n) is 17.1. The molecule has 1 unspecified atom stereocenters. The summed E-state index contributed by atoms with van der Waals surface area (Å²) in [5.74, 6) is 0.390. The molecular weight excluding hydrogens is 355 g/mol. The van der Waals surface area contributed by atoms with Gasteiger partial charge in [0, 0.05) is 24.8 Å². The molecule has 0 saturated heterocycles. The van der Waals surface area contributed by atoms with Crippen LogP contribution in [0.25, 0.3) is 0 Å². The molecule has 28 heavy (non-hydrogen) atoms. The van der Waals surface area contributed by atoms with Crippen molar-refractivity contribution in [3.05, 3.63) is 53.8 Å². The molecule has 1 N–H and O–H groups in total. The van der Waals surface area contributed by atoms with Gasteiger partial charge in [-0.25, -0.2) is 4.39 Å². The Hall–Kier alpha value is -2.27. The third-order valence-electron chi connectivity index (χ3n) is 4.80.